The lowest BCUT2D eigenvalue weighted by molar-refractivity contribution is -0.139. The molecule has 0 fully saturated rings. The maximum atomic E-state index is 11.9. The van der Waals surface area contributed by atoms with Gasteiger partial charge in [-0.1, -0.05) is 36.4 Å². The third kappa shape index (κ3) is 7.46. The van der Waals surface area contributed by atoms with Crippen molar-refractivity contribution >= 4 is 12.1 Å². The fourth-order valence-electron chi connectivity index (χ4n) is 2.65. The molecule has 0 radical (unpaired) electrons. The van der Waals surface area contributed by atoms with Gasteiger partial charge in [0.1, 0.15) is 24.0 Å². The number of amides is 1. The Morgan fingerprint density at radius 2 is 1.76 bits per heavy atom. The van der Waals surface area contributed by atoms with Crippen molar-refractivity contribution in [1.29, 1.82) is 0 Å². The van der Waals surface area contributed by atoms with Crippen molar-refractivity contribution in [3.8, 4) is 5.75 Å². The quantitative estimate of drug-likeness (QED) is 0.627. The van der Waals surface area contributed by atoms with E-state index in [2.05, 4.69) is 5.32 Å². The van der Waals surface area contributed by atoms with Crippen LogP contribution >= 0.6 is 0 Å². The third-order valence-corrected chi connectivity index (χ3v) is 4.01. The van der Waals surface area contributed by atoms with Crippen LogP contribution in [0, 0.1) is 0 Å². The standard InChI is InChI=1S/C22H27NO6/c1-22(2,3)29-21(27)23-19(20(25)26)12-16-9-10-18(11-17(16)13-24)28-14-15-7-5-4-6-8-15/h4-11,19,24H,12-14H2,1-3H3,(H,23,27)(H,25,26). The third-order valence-electron chi connectivity index (χ3n) is 4.01. The van der Waals surface area contributed by atoms with E-state index in [0.717, 1.165) is 5.56 Å². The van der Waals surface area contributed by atoms with E-state index in [0.29, 0.717) is 23.5 Å². The highest BCUT2D eigenvalue weighted by atomic mass is 16.6. The van der Waals surface area contributed by atoms with E-state index >= 15 is 0 Å². The molecular weight excluding hydrogens is 374 g/mol. The van der Waals surface area contributed by atoms with E-state index in [1.807, 2.05) is 30.3 Å². The topological polar surface area (TPSA) is 105 Å². The molecule has 0 spiro atoms. The zero-order valence-electron chi connectivity index (χ0n) is 16.8. The number of benzene rings is 2. The van der Waals surface area contributed by atoms with E-state index in [1.165, 1.54) is 0 Å². The summed E-state index contributed by atoms with van der Waals surface area (Å²) >= 11 is 0. The van der Waals surface area contributed by atoms with Gasteiger partial charge < -0.3 is 25.0 Å². The summed E-state index contributed by atoms with van der Waals surface area (Å²) in [7, 11) is 0. The summed E-state index contributed by atoms with van der Waals surface area (Å²) < 4.78 is 10.9. The lowest BCUT2D eigenvalue weighted by Crippen LogP contribution is -2.44. The average molecular weight is 401 g/mol. The van der Waals surface area contributed by atoms with Gasteiger partial charge in [-0.15, -0.1) is 0 Å². The number of hydrogen-bond acceptors (Lipinski definition) is 5. The van der Waals surface area contributed by atoms with Gasteiger partial charge in [0.25, 0.3) is 0 Å². The zero-order chi connectivity index (χ0) is 21.4. The van der Waals surface area contributed by atoms with Crippen LogP contribution in [0.25, 0.3) is 0 Å². The number of carboxylic acids is 1. The second kappa shape index (κ2) is 9.93. The number of aliphatic hydroxyl groups excluding tert-OH is 1. The molecule has 3 N–H and O–H groups in total. The van der Waals surface area contributed by atoms with Gasteiger partial charge >= 0.3 is 12.1 Å². The maximum Gasteiger partial charge on any atom is 0.408 e. The van der Waals surface area contributed by atoms with Crippen LogP contribution in [-0.4, -0.2) is 33.9 Å². The Morgan fingerprint density at radius 3 is 2.34 bits per heavy atom. The molecule has 1 atom stereocenters. The van der Waals surface area contributed by atoms with Gasteiger partial charge in [-0.3, -0.25) is 0 Å². The Morgan fingerprint density at radius 1 is 1.07 bits per heavy atom. The van der Waals surface area contributed by atoms with Gasteiger partial charge in [-0.05, 0) is 49.6 Å². The number of alkyl carbamates (subject to hydrolysis) is 1. The predicted octanol–water partition coefficient (Wildman–Crippen LogP) is 3.28. The number of hydrogen-bond donors (Lipinski definition) is 3. The van der Waals surface area contributed by atoms with E-state index in [1.54, 1.807) is 39.0 Å². The number of aliphatic carboxylic acids is 1. The van der Waals surface area contributed by atoms with E-state index in [9.17, 15) is 19.8 Å². The molecule has 0 saturated heterocycles. The SMILES string of the molecule is CC(C)(C)OC(=O)NC(Cc1ccc(OCc2ccccc2)cc1CO)C(=O)O. The van der Waals surface area contributed by atoms with Gasteiger partial charge in [0, 0.05) is 6.42 Å². The van der Waals surface area contributed by atoms with Gasteiger partial charge in [-0.25, -0.2) is 9.59 Å². The van der Waals surface area contributed by atoms with E-state index in [-0.39, 0.29) is 13.0 Å². The van der Waals surface area contributed by atoms with Crippen molar-refractivity contribution in [2.75, 3.05) is 0 Å². The summed E-state index contributed by atoms with van der Waals surface area (Å²) in [6, 6.07) is 13.5. The first-order valence-electron chi connectivity index (χ1n) is 9.29. The number of carbonyl (C=O) groups is 2. The van der Waals surface area contributed by atoms with Crippen LogP contribution in [0.15, 0.2) is 48.5 Å². The molecule has 2 aromatic carbocycles. The van der Waals surface area contributed by atoms with Gasteiger partial charge in [0.05, 0.1) is 6.61 Å². The molecule has 0 aliphatic rings. The molecule has 1 amide bonds. The predicted molar refractivity (Wildman–Crippen MR) is 108 cm³/mol. The number of carboxylic acid groups (broad SMARTS) is 1. The second-order valence-electron chi connectivity index (χ2n) is 7.60. The Balaban J connectivity index is 2.07. The van der Waals surface area contributed by atoms with Crippen LogP contribution in [0.5, 0.6) is 5.75 Å². The van der Waals surface area contributed by atoms with Crippen molar-refractivity contribution in [1.82, 2.24) is 5.32 Å². The smallest absolute Gasteiger partial charge is 0.408 e. The molecule has 156 valence electrons. The number of aliphatic hydroxyl groups is 1. The molecule has 0 aliphatic heterocycles. The average Bonchev–Trinajstić information content (AvgIpc) is 2.65. The Kier molecular flexibility index (Phi) is 7.61. The van der Waals surface area contributed by atoms with Crippen LogP contribution in [-0.2, 0) is 29.2 Å². The van der Waals surface area contributed by atoms with E-state index in [4.69, 9.17) is 9.47 Å². The normalized spacial score (nSPS) is 12.1. The Hall–Kier alpha value is -3.06. The molecule has 1 unspecified atom stereocenters. The molecule has 29 heavy (non-hydrogen) atoms. The zero-order valence-corrected chi connectivity index (χ0v) is 16.8. The first-order valence-corrected chi connectivity index (χ1v) is 9.29. The minimum Gasteiger partial charge on any atom is -0.489 e. The molecule has 2 rings (SSSR count). The Labute approximate surface area is 170 Å². The van der Waals surface area contributed by atoms with Crippen molar-refractivity contribution in [2.24, 2.45) is 0 Å². The fourth-order valence-corrected chi connectivity index (χ4v) is 2.65. The minimum absolute atomic E-state index is 0.00341. The number of ether oxygens (including phenoxy) is 2. The molecule has 0 aliphatic carbocycles. The number of rotatable bonds is 8. The summed E-state index contributed by atoms with van der Waals surface area (Å²) in [4.78, 5) is 23.5. The largest absolute Gasteiger partial charge is 0.489 e. The molecule has 7 nitrogen and oxygen atoms in total. The van der Waals surface area contributed by atoms with Crippen molar-refractivity contribution in [3.63, 3.8) is 0 Å². The van der Waals surface area contributed by atoms with Gasteiger partial charge in [0.2, 0.25) is 0 Å². The molecule has 0 bridgehead atoms. The molecule has 7 heteroatoms. The van der Waals surface area contributed by atoms with Gasteiger partial charge in [-0.2, -0.15) is 0 Å². The first kappa shape index (κ1) is 22.2. The van der Waals surface area contributed by atoms with Crippen molar-refractivity contribution in [3.05, 3.63) is 65.2 Å². The Bertz CT molecular complexity index is 829. The van der Waals surface area contributed by atoms with E-state index < -0.39 is 23.7 Å². The highest BCUT2D eigenvalue weighted by Gasteiger charge is 2.25. The first-order chi connectivity index (χ1) is 13.7. The molecular formula is C22H27NO6. The number of carbonyl (C=O) groups excluding carboxylic acids is 1. The maximum absolute atomic E-state index is 11.9. The molecule has 0 heterocycles. The second-order valence-corrected chi connectivity index (χ2v) is 7.60. The van der Waals surface area contributed by atoms with Crippen LogP contribution < -0.4 is 10.1 Å². The fraction of sp³-hybridized carbons (Fsp3) is 0.364. The minimum atomic E-state index is -1.19. The van der Waals surface area contributed by atoms with Crippen LogP contribution in [0.4, 0.5) is 4.79 Å². The highest BCUT2D eigenvalue weighted by Crippen LogP contribution is 2.21. The molecule has 0 saturated carbocycles. The van der Waals surface area contributed by atoms with Crippen molar-refractivity contribution < 1.29 is 29.3 Å². The lowest BCUT2D eigenvalue weighted by atomic mass is 10.00. The van der Waals surface area contributed by atoms with Crippen LogP contribution in [0.1, 0.15) is 37.5 Å². The summed E-state index contributed by atoms with van der Waals surface area (Å²) in [5.41, 5.74) is 1.41. The summed E-state index contributed by atoms with van der Waals surface area (Å²) in [5, 5.41) is 21.5. The lowest BCUT2D eigenvalue weighted by Gasteiger charge is -2.22. The monoisotopic (exact) mass is 401 g/mol. The summed E-state index contributed by atoms with van der Waals surface area (Å²) in [6.45, 7) is 5.18. The number of nitrogens with one attached hydrogen (secondary N) is 1. The molecule has 2 aromatic rings. The summed E-state index contributed by atoms with van der Waals surface area (Å²) in [6.07, 6.45) is -0.804. The van der Waals surface area contributed by atoms with Crippen LogP contribution in [0.3, 0.4) is 0 Å². The van der Waals surface area contributed by atoms with Gasteiger partial charge in [0.15, 0.2) is 0 Å². The van der Waals surface area contributed by atoms with Crippen LogP contribution in [0.2, 0.25) is 0 Å². The summed E-state index contributed by atoms with van der Waals surface area (Å²) in [5.74, 6) is -0.627. The molecule has 0 aromatic heterocycles. The van der Waals surface area contributed by atoms with Crippen molar-refractivity contribution in [2.45, 2.75) is 52.0 Å². The highest BCUT2D eigenvalue weighted by molar-refractivity contribution is 5.80.